The molecule has 398 valence electrons. The number of aliphatic hydroxyl groups is 3. The molecule has 1 saturated heterocycles. The van der Waals surface area contributed by atoms with Gasteiger partial charge in [0.25, 0.3) is 0 Å². The molecule has 0 aromatic carbocycles. The zero-order valence-electron chi connectivity index (χ0n) is 42.9. The van der Waals surface area contributed by atoms with Crippen LogP contribution in [-0.2, 0) is 38.3 Å². The first-order valence-corrected chi connectivity index (χ1v) is 28.8. The van der Waals surface area contributed by atoms with Crippen molar-refractivity contribution in [2.75, 3.05) is 26.4 Å². The van der Waals surface area contributed by atoms with Gasteiger partial charge in [0, 0.05) is 13.0 Å². The van der Waals surface area contributed by atoms with Gasteiger partial charge in [0.1, 0.15) is 30.5 Å². The summed E-state index contributed by atoms with van der Waals surface area (Å²) in [5.41, 5.74) is 0. The third-order valence-electron chi connectivity index (χ3n) is 12.4. The number of ether oxygens (including phenoxy) is 4. The number of hydrogen-bond acceptors (Lipinski definition) is 11. The van der Waals surface area contributed by atoms with Crippen LogP contribution in [-0.4, -0.2) is 97.5 Å². The minimum atomic E-state index is -5.07. The van der Waals surface area contributed by atoms with Crippen LogP contribution in [0.25, 0.3) is 0 Å². The van der Waals surface area contributed by atoms with Gasteiger partial charge >= 0.3 is 16.4 Å². The molecular weight excluding hydrogens is 885 g/mol. The SMILES string of the molecule is CC/C=C\C/C=C\C/C=C\CCCCCCCC(=O)OC(COCCCCCCCCCCCCCCCC/C=C\CCCCCCCCCC)COC1OC(CO)C(O)C(OS(=O)(=O)O)C1O. The summed E-state index contributed by atoms with van der Waals surface area (Å²) < 4.78 is 59.3. The second kappa shape index (κ2) is 46.2. The van der Waals surface area contributed by atoms with E-state index in [1.807, 2.05) is 0 Å². The third kappa shape index (κ3) is 38.8. The highest BCUT2D eigenvalue weighted by molar-refractivity contribution is 7.80. The number of unbranched alkanes of at least 4 members (excludes halogenated alkanes) is 27. The van der Waals surface area contributed by atoms with E-state index in [0.29, 0.717) is 13.0 Å². The van der Waals surface area contributed by atoms with Gasteiger partial charge in [-0.2, -0.15) is 8.42 Å². The Morgan fingerprint density at radius 3 is 1.50 bits per heavy atom. The van der Waals surface area contributed by atoms with Crippen LogP contribution in [0.1, 0.15) is 232 Å². The fourth-order valence-corrected chi connectivity index (χ4v) is 8.84. The summed E-state index contributed by atoms with van der Waals surface area (Å²) in [6, 6.07) is 0. The van der Waals surface area contributed by atoms with Crippen molar-refractivity contribution in [3.05, 3.63) is 48.6 Å². The van der Waals surface area contributed by atoms with Gasteiger partial charge in [0.15, 0.2) is 6.29 Å². The number of rotatable bonds is 48. The maximum atomic E-state index is 12.9. The quantitative estimate of drug-likeness (QED) is 0.0197. The van der Waals surface area contributed by atoms with E-state index in [0.717, 1.165) is 70.6 Å². The minimum Gasteiger partial charge on any atom is -0.457 e. The van der Waals surface area contributed by atoms with Crippen LogP contribution in [0, 0.1) is 0 Å². The molecule has 0 radical (unpaired) electrons. The molecule has 1 heterocycles. The van der Waals surface area contributed by atoms with Crippen molar-refractivity contribution >= 4 is 16.4 Å². The molecule has 0 bridgehead atoms. The molecule has 1 rings (SSSR count). The molecule has 0 aromatic rings. The lowest BCUT2D eigenvalue weighted by atomic mass is 9.99. The smallest absolute Gasteiger partial charge is 0.397 e. The highest BCUT2D eigenvalue weighted by Crippen LogP contribution is 2.26. The molecule has 68 heavy (non-hydrogen) atoms. The van der Waals surface area contributed by atoms with E-state index in [1.165, 1.54) is 135 Å². The van der Waals surface area contributed by atoms with Gasteiger partial charge in [0.05, 0.1) is 19.8 Å². The summed E-state index contributed by atoms with van der Waals surface area (Å²) in [6.45, 7) is 3.88. The first-order valence-electron chi connectivity index (χ1n) is 27.4. The first kappa shape index (κ1) is 64.1. The number of hydrogen-bond donors (Lipinski definition) is 4. The van der Waals surface area contributed by atoms with Crippen molar-refractivity contribution < 1.29 is 56.2 Å². The van der Waals surface area contributed by atoms with Gasteiger partial charge in [-0.1, -0.05) is 204 Å². The van der Waals surface area contributed by atoms with E-state index in [9.17, 15) is 33.1 Å². The Balaban J connectivity index is 2.28. The Hall–Kier alpha value is -1.94. The van der Waals surface area contributed by atoms with E-state index >= 15 is 0 Å². The minimum absolute atomic E-state index is 0.0293. The van der Waals surface area contributed by atoms with Gasteiger partial charge in [0.2, 0.25) is 0 Å². The molecule has 0 aliphatic carbocycles. The molecule has 12 nitrogen and oxygen atoms in total. The molecule has 0 spiro atoms. The second-order valence-electron chi connectivity index (χ2n) is 18.8. The predicted octanol–water partition coefficient (Wildman–Crippen LogP) is 13.1. The molecule has 0 amide bonds. The number of esters is 1. The molecule has 0 saturated carbocycles. The zero-order chi connectivity index (χ0) is 49.6. The Labute approximate surface area is 415 Å². The number of carbonyl (C=O) groups excluding carboxylic acids is 1. The fraction of sp³-hybridized carbons (Fsp3) is 0.836. The van der Waals surface area contributed by atoms with E-state index in [-0.39, 0.29) is 19.6 Å². The second-order valence-corrected chi connectivity index (χ2v) is 19.8. The van der Waals surface area contributed by atoms with E-state index in [1.54, 1.807) is 0 Å². The van der Waals surface area contributed by atoms with Crippen molar-refractivity contribution in [1.82, 2.24) is 0 Å². The lowest BCUT2D eigenvalue weighted by molar-refractivity contribution is -0.301. The van der Waals surface area contributed by atoms with E-state index < -0.39 is 59.8 Å². The molecule has 1 fully saturated rings. The van der Waals surface area contributed by atoms with Crippen molar-refractivity contribution in [2.45, 2.75) is 269 Å². The Morgan fingerprint density at radius 2 is 1.01 bits per heavy atom. The average Bonchev–Trinajstić information content (AvgIpc) is 3.31. The van der Waals surface area contributed by atoms with Gasteiger partial charge in [-0.05, 0) is 70.6 Å². The van der Waals surface area contributed by atoms with Crippen LogP contribution in [0.3, 0.4) is 0 Å². The normalized spacial score (nSPS) is 19.6. The molecule has 1 aliphatic rings. The largest absolute Gasteiger partial charge is 0.457 e. The molecule has 6 atom stereocenters. The summed E-state index contributed by atoms with van der Waals surface area (Å²) in [5, 5.41) is 30.8. The van der Waals surface area contributed by atoms with Crippen LogP contribution < -0.4 is 0 Å². The summed E-state index contributed by atoms with van der Waals surface area (Å²) in [5.74, 6) is -0.414. The highest BCUT2D eigenvalue weighted by atomic mass is 32.3. The maximum absolute atomic E-state index is 12.9. The monoisotopic (exact) mass is 985 g/mol. The van der Waals surface area contributed by atoms with Gasteiger partial charge in [-0.25, -0.2) is 4.18 Å². The lowest BCUT2D eigenvalue weighted by Gasteiger charge is -2.41. The van der Waals surface area contributed by atoms with Gasteiger partial charge < -0.3 is 34.3 Å². The van der Waals surface area contributed by atoms with Crippen LogP contribution in [0.2, 0.25) is 0 Å². The standard InChI is InChI=1S/C55H100O12S/c1-3-5-7-9-11-13-15-17-19-20-21-22-23-24-25-26-27-28-29-31-33-35-37-39-41-43-45-63-47-49(48-64-55-53(59)54(67-68(60,61)62)52(58)50(46-56)66-55)65-51(57)44-42-40-38-36-34-32-30-18-16-14-12-10-8-6-4-2/h6,8,12,14,18,20-21,30,49-50,52-56,58-59H,3-5,7,9-11,13,15-17,19,22-29,31-48H2,1-2H3,(H,60,61,62)/b8-6-,14-12-,21-20-,30-18-. The van der Waals surface area contributed by atoms with Crippen molar-refractivity contribution in [3.8, 4) is 0 Å². The summed E-state index contributed by atoms with van der Waals surface area (Å²) in [4.78, 5) is 12.9. The topological polar surface area (TPSA) is 178 Å². The van der Waals surface area contributed by atoms with Crippen molar-refractivity contribution in [1.29, 1.82) is 0 Å². The number of aliphatic hydroxyl groups excluding tert-OH is 3. The molecule has 6 unspecified atom stereocenters. The van der Waals surface area contributed by atoms with Crippen LogP contribution in [0.15, 0.2) is 48.6 Å². The van der Waals surface area contributed by atoms with Gasteiger partial charge in [-0.15, -0.1) is 0 Å². The molecule has 13 heteroatoms. The van der Waals surface area contributed by atoms with Crippen molar-refractivity contribution in [3.63, 3.8) is 0 Å². The fourth-order valence-electron chi connectivity index (χ4n) is 8.33. The van der Waals surface area contributed by atoms with E-state index in [2.05, 4.69) is 66.6 Å². The Morgan fingerprint density at radius 1 is 0.574 bits per heavy atom. The van der Waals surface area contributed by atoms with Crippen LogP contribution in [0.4, 0.5) is 0 Å². The summed E-state index contributed by atoms with van der Waals surface area (Å²) >= 11 is 0. The third-order valence-corrected chi connectivity index (χ3v) is 12.9. The van der Waals surface area contributed by atoms with Crippen LogP contribution >= 0.6 is 0 Å². The van der Waals surface area contributed by atoms with Crippen LogP contribution in [0.5, 0.6) is 0 Å². The Bertz CT molecular complexity index is 1370. The molecule has 0 aromatic heterocycles. The first-order chi connectivity index (χ1) is 33.1. The summed E-state index contributed by atoms with van der Waals surface area (Å²) in [7, 11) is -5.07. The number of allylic oxidation sites excluding steroid dienone is 8. The maximum Gasteiger partial charge on any atom is 0.397 e. The highest BCUT2D eigenvalue weighted by Gasteiger charge is 2.48. The van der Waals surface area contributed by atoms with Gasteiger partial charge in [-0.3, -0.25) is 9.35 Å². The molecule has 1 aliphatic heterocycles. The molecular formula is C55H100O12S. The zero-order valence-corrected chi connectivity index (χ0v) is 43.7. The summed E-state index contributed by atoms with van der Waals surface area (Å²) in [6.07, 6.45) is 48.7. The van der Waals surface area contributed by atoms with Crippen molar-refractivity contribution in [2.24, 2.45) is 0 Å². The predicted molar refractivity (Wildman–Crippen MR) is 276 cm³/mol. The molecule has 4 N–H and O–H groups in total. The lowest BCUT2D eigenvalue weighted by Crippen LogP contribution is -2.60. The Kier molecular flexibility index (Phi) is 43.5. The number of carbonyl (C=O) groups is 1. The van der Waals surface area contributed by atoms with E-state index in [4.69, 9.17) is 18.9 Å². The average molecular weight is 985 g/mol.